The van der Waals surface area contributed by atoms with Gasteiger partial charge in [-0.25, -0.2) is 4.98 Å². The molecule has 0 radical (unpaired) electrons. The second kappa shape index (κ2) is 6.22. The number of hydrogen-bond acceptors (Lipinski definition) is 4. The molecule has 3 nitrogen and oxygen atoms in total. The maximum Gasteiger partial charge on any atom is 0.443 e. The molecule has 0 spiro atoms. The average molecular weight is 319 g/mol. The van der Waals surface area contributed by atoms with Gasteiger partial charge < -0.3 is 5.32 Å². The summed E-state index contributed by atoms with van der Waals surface area (Å²) < 4.78 is 37.5. The second-order valence-corrected chi connectivity index (χ2v) is 7.15. The molecule has 1 N–H and O–H groups in total. The number of alkyl halides is 3. The molecule has 7 heteroatoms. The van der Waals surface area contributed by atoms with Gasteiger partial charge in [0.25, 0.3) is 0 Å². The molecule has 1 aliphatic heterocycles. The van der Waals surface area contributed by atoms with Gasteiger partial charge in [-0.15, -0.1) is 11.3 Å². The van der Waals surface area contributed by atoms with Gasteiger partial charge in [-0.2, -0.15) is 13.2 Å². The van der Waals surface area contributed by atoms with Crippen LogP contribution in [-0.2, 0) is 12.7 Å². The largest absolute Gasteiger partial charge is 0.443 e. The lowest BCUT2D eigenvalue weighted by atomic mass is 10.0. The third kappa shape index (κ3) is 4.40. The number of nitrogens with one attached hydrogen (secondary N) is 1. The Morgan fingerprint density at radius 1 is 1.24 bits per heavy atom. The average Bonchev–Trinajstić information content (AvgIpc) is 3.14. The Labute approximate surface area is 126 Å². The van der Waals surface area contributed by atoms with Crippen LogP contribution in [0.2, 0.25) is 0 Å². The normalized spacial score (nSPS) is 21.9. The molecule has 0 aromatic carbocycles. The topological polar surface area (TPSA) is 28.2 Å². The van der Waals surface area contributed by atoms with Crippen LogP contribution < -0.4 is 5.32 Å². The maximum atomic E-state index is 12.5. The van der Waals surface area contributed by atoms with Gasteiger partial charge in [-0.1, -0.05) is 0 Å². The number of thiazole rings is 1. The van der Waals surface area contributed by atoms with E-state index in [1.165, 1.54) is 19.0 Å². The predicted octanol–water partition coefficient (Wildman–Crippen LogP) is 3.13. The molecule has 2 fully saturated rings. The van der Waals surface area contributed by atoms with Crippen LogP contribution in [-0.4, -0.2) is 35.6 Å². The highest BCUT2D eigenvalue weighted by Crippen LogP contribution is 2.33. The SMILES string of the molecule is FC(F)(F)c1ncc(CN2CCC(NCC3CC3)CC2)s1. The molecule has 3 rings (SSSR count). The zero-order chi connectivity index (χ0) is 14.9. The molecule has 2 heterocycles. The molecule has 1 saturated carbocycles. The van der Waals surface area contributed by atoms with Crippen LogP contribution in [0.5, 0.6) is 0 Å². The Balaban J connectivity index is 1.43. The van der Waals surface area contributed by atoms with Crippen molar-refractivity contribution in [1.82, 2.24) is 15.2 Å². The highest BCUT2D eigenvalue weighted by Gasteiger charge is 2.34. The summed E-state index contributed by atoms with van der Waals surface area (Å²) in [6, 6.07) is 0.578. The summed E-state index contributed by atoms with van der Waals surface area (Å²) in [5.41, 5.74) is 0. The lowest BCUT2D eigenvalue weighted by Crippen LogP contribution is -2.42. The van der Waals surface area contributed by atoms with Crippen molar-refractivity contribution in [3.05, 3.63) is 16.1 Å². The van der Waals surface area contributed by atoms with E-state index in [2.05, 4.69) is 15.2 Å². The first kappa shape index (κ1) is 15.2. The lowest BCUT2D eigenvalue weighted by molar-refractivity contribution is -0.137. The summed E-state index contributed by atoms with van der Waals surface area (Å²) in [6.07, 6.45) is 1.93. The Morgan fingerprint density at radius 3 is 2.52 bits per heavy atom. The Kier molecular flexibility index (Phi) is 4.51. The maximum absolute atomic E-state index is 12.5. The Hall–Kier alpha value is -0.660. The number of aromatic nitrogens is 1. The van der Waals surface area contributed by atoms with Gasteiger partial charge in [0, 0.05) is 36.8 Å². The van der Waals surface area contributed by atoms with E-state index in [-0.39, 0.29) is 0 Å². The highest BCUT2D eigenvalue weighted by atomic mass is 32.1. The fourth-order valence-electron chi connectivity index (χ4n) is 2.68. The van der Waals surface area contributed by atoms with E-state index in [1.54, 1.807) is 0 Å². The van der Waals surface area contributed by atoms with Crippen LogP contribution >= 0.6 is 11.3 Å². The van der Waals surface area contributed by atoms with Crippen LogP contribution in [0.4, 0.5) is 13.2 Å². The smallest absolute Gasteiger partial charge is 0.314 e. The van der Waals surface area contributed by atoms with Crippen LogP contribution in [0.1, 0.15) is 35.6 Å². The molecule has 0 bridgehead atoms. The van der Waals surface area contributed by atoms with Gasteiger partial charge in [-0.05, 0) is 38.1 Å². The van der Waals surface area contributed by atoms with Crippen LogP contribution in [0.15, 0.2) is 6.20 Å². The van der Waals surface area contributed by atoms with E-state index >= 15 is 0 Å². The highest BCUT2D eigenvalue weighted by molar-refractivity contribution is 7.11. The van der Waals surface area contributed by atoms with Gasteiger partial charge >= 0.3 is 6.18 Å². The van der Waals surface area contributed by atoms with Crippen molar-refractivity contribution in [2.45, 2.75) is 44.4 Å². The first-order chi connectivity index (χ1) is 10.0. The molecule has 0 amide bonds. The van der Waals surface area contributed by atoms with Gasteiger partial charge in [0.1, 0.15) is 0 Å². The standard InChI is InChI=1S/C14H20F3N3S/c15-14(16,17)13-19-8-12(21-13)9-20-5-3-11(4-6-20)18-7-10-1-2-10/h8,10-11,18H,1-7,9H2. The number of nitrogens with zero attached hydrogens (tertiary/aromatic N) is 2. The zero-order valence-corrected chi connectivity index (χ0v) is 12.6. The predicted molar refractivity (Wildman–Crippen MR) is 76.1 cm³/mol. The first-order valence-electron chi connectivity index (χ1n) is 7.48. The molecular formula is C14H20F3N3S. The first-order valence-corrected chi connectivity index (χ1v) is 8.30. The van der Waals surface area contributed by atoms with Crippen molar-refractivity contribution in [3.8, 4) is 0 Å². The molecule has 2 aliphatic rings. The lowest BCUT2D eigenvalue weighted by Gasteiger charge is -2.32. The van der Waals surface area contributed by atoms with Gasteiger partial charge in [-0.3, -0.25) is 4.90 Å². The van der Waals surface area contributed by atoms with Crippen LogP contribution in [0.3, 0.4) is 0 Å². The fourth-order valence-corrected chi connectivity index (χ4v) is 3.50. The summed E-state index contributed by atoms with van der Waals surface area (Å²) in [5.74, 6) is 0.890. The van der Waals surface area contributed by atoms with Crippen molar-refractivity contribution in [2.75, 3.05) is 19.6 Å². The van der Waals surface area contributed by atoms with E-state index in [0.29, 0.717) is 17.5 Å². The van der Waals surface area contributed by atoms with E-state index in [1.807, 2.05) is 0 Å². The number of hydrogen-bond donors (Lipinski definition) is 1. The number of likely N-dealkylation sites (tertiary alicyclic amines) is 1. The second-order valence-electron chi connectivity index (χ2n) is 6.03. The van der Waals surface area contributed by atoms with Gasteiger partial charge in [0.05, 0.1) is 0 Å². The van der Waals surface area contributed by atoms with Crippen molar-refractivity contribution >= 4 is 11.3 Å². The van der Waals surface area contributed by atoms with Crippen molar-refractivity contribution in [1.29, 1.82) is 0 Å². The van der Waals surface area contributed by atoms with E-state index in [9.17, 15) is 13.2 Å². The van der Waals surface area contributed by atoms with Crippen molar-refractivity contribution in [2.24, 2.45) is 5.92 Å². The van der Waals surface area contributed by atoms with Crippen LogP contribution in [0, 0.1) is 5.92 Å². The number of rotatable bonds is 5. The van der Waals surface area contributed by atoms with Gasteiger partial charge in [0.2, 0.25) is 0 Å². The van der Waals surface area contributed by atoms with E-state index in [0.717, 1.165) is 49.7 Å². The van der Waals surface area contributed by atoms with E-state index in [4.69, 9.17) is 0 Å². The third-order valence-corrected chi connectivity index (χ3v) is 5.18. The molecule has 0 atom stereocenters. The summed E-state index contributed by atoms with van der Waals surface area (Å²) in [4.78, 5) is 6.40. The molecule has 0 unspecified atom stereocenters. The zero-order valence-electron chi connectivity index (χ0n) is 11.8. The molecule has 1 aromatic rings. The summed E-state index contributed by atoms with van der Waals surface area (Å²) in [7, 11) is 0. The third-order valence-electron chi connectivity index (χ3n) is 4.16. The van der Waals surface area contributed by atoms with Crippen molar-refractivity contribution in [3.63, 3.8) is 0 Å². The van der Waals surface area contributed by atoms with Gasteiger partial charge in [0.15, 0.2) is 5.01 Å². The molecule has 1 aliphatic carbocycles. The quantitative estimate of drug-likeness (QED) is 0.904. The minimum absolute atomic E-state index is 0.578. The Bertz CT molecular complexity index is 462. The summed E-state index contributed by atoms with van der Waals surface area (Å²) >= 11 is 0.763. The number of halogens is 3. The number of piperidine rings is 1. The molecule has 1 saturated heterocycles. The molecule has 118 valence electrons. The minimum atomic E-state index is -4.32. The molecular weight excluding hydrogens is 299 g/mol. The summed E-state index contributed by atoms with van der Waals surface area (Å²) in [6.45, 7) is 3.61. The van der Waals surface area contributed by atoms with E-state index < -0.39 is 11.2 Å². The fraction of sp³-hybridized carbons (Fsp3) is 0.786. The molecule has 21 heavy (non-hydrogen) atoms. The summed E-state index contributed by atoms with van der Waals surface area (Å²) in [5, 5.41) is 2.87. The molecule has 1 aromatic heterocycles. The minimum Gasteiger partial charge on any atom is -0.314 e. The monoisotopic (exact) mass is 319 g/mol. The van der Waals surface area contributed by atoms with Crippen molar-refractivity contribution < 1.29 is 13.2 Å². The van der Waals surface area contributed by atoms with Crippen LogP contribution in [0.25, 0.3) is 0 Å². The Morgan fingerprint density at radius 2 is 1.95 bits per heavy atom.